The van der Waals surface area contributed by atoms with Crippen LogP contribution in [0.2, 0.25) is 0 Å². The van der Waals surface area contributed by atoms with Crippen LogP contribution in [0.1, 0.15) is 17.7 Å². The van der Waals surface area contributed by atoms with E-state index in [1.807, 2.05) is 0 Å². The Bertz CT molecular complexity index is 492. The van der Waals surface area contributed by atoms with Crippen molar-refractivity contribution in [3.05, 3.63) is 20.9 Å². The predicted molar refractivity (Wildman–Crippen MR) is 59.7 cm³/mol. The maximum atomic E-state index is 12.5. The topological polar surface area (TPSA) is 47.0 Å². The summed E-state index contributed by atoms with van der Waals surface area (Å²) in [5.41, 5.74) is -0.157. The molecular formula is C7H5ClF2INO2S. The van der Waals surface area contributed by atoms with E-state index in [1.54, 1.807) is 22.6 Å². The SMILES string of the molecule is Cc1nc(S(=O)(=O)Cl)cc(C(F)F)c1I. The molecule has 0 amide bonds. The third-order valence-electron chi connectivity index (χ3n) is 1.61. The van der Waals surface area contributed by atoms with Crippen LogP contribution < -0.4 is 0 Å². The van der Waals surface area contributed by atoms with E-state index < -0.39 is 20.5 Å². The number of nitrogens with zero attached hydrogens (tertiary/aromatic N) is 1. The maximum Gasteiger partial charge on any atom is 0.278 e. The monoisotopic (exact) mass is 367 g/mol. The van der Waals surface area contributed by atoms with Gasteiger partial charge in [-0.25, -0.2) is 22.2 Å². The zero-order valence-electron chi connectivity index (χ0n) is 7.34. The van der Waals surface area contributed by atoms with Gasteiger partial charge < -0.3 is 0 Å². The molecule has 1 heterocycles. The van der Waals surface area contributed by atoms with Gasteiger partial charge in [0.05, 0.1) is 5.69 Å². The summed E-state index contributed by atoms with van der Waals surface area (Å²) in [6.07, 6.45) is -2.75. The molecule has 0 unspecified atom stereocenters. The Balaban J connectivity index is 3.50. The fourth-order valence-corrected chi connectivity index (χ4v) is 2.20. The molecule has 0 spiro atoms. The van der Waals surface area contributed by atoms with Crippen LogP contribution in [-0.4, -0.2) is 13.4 Å². The molecular weight excluding hydrogens is 363 g/mol. The molecule has 0 bridgehead atoms. The van der Waals surface area contributed by atoms with Crippen LogP contribution in [0.5, 0.6) is 0 Å². The number of aryl methyl sites for hydroxylation is 1. The average Bonchev–Trinajstić information content (AvgIpc) is 2.06. The van der Waals surface area contributed by atoms with Crippen LogP contribution in [-0.2, 0) is 9.05 Å². The Morgan fingerprint density at radius 3 is 2.47 bits per heavy atom. The summed E-state index contributed by atoms with van der Waals surface area (Å²) >= 11 is 1.68. The molecule has 0 saturated carbocycles. The van der Waals surface area contributed by atoms with E-state index >= 15 is 0 Å². The third-order valence-corrected chi connectivity index (χ3v) is 4.20. The summed E-state index contributed by atoms with van der Waals surface area (Å²) in [6.45, 7) is 1.44. The minimum atomic E-state index is -4.07. The minimum Gasteiger partial charge on any atom is -0.239 e. The minimum absolute atomic E-state index is 0.215. The van der Waals surface area contributed by atoms with Crippen LogP contribution in [0, 0.1) is 10.5 Å². The van der Waals surface area contributed by atoms with Gasteiger partial charge in [0.2, 0.25) is 0 Å². The van der Waals surface area contributed by atoms with Gasteiger partial charge in [0.1, 0.15) is 0 Å². The molecule has 0 aliphatic heterocycles. The van der Waals surface area contributed by atoms with E-state index in [1.165, 1.54) is 6.92 Å². The summed E-state index contributed by atoms with van der Waals surface area (Å²) in [7, 11) is 0.948. The van der Waals surface area contributed by atoms with Gasteiger partial charge in [-0.1, -0.05) is 0 Å². The molecule has 3 nitrogen and oxygen atoms in total. The highest BCUT2D eigenvalue weighted by Gasteiger charge is 2.20. The van der Waals surface area contributed by atoms with Crippen molar-refractivity contribution in [2.24, 2.45) is 0 Å². The van der Waals surface area contributed by atoms with Crippen molar-refractivity contribution in [3.63, 3.8) is 0 Å². The molecule has 84 valence electrons. The molecule has 0 N–H and O–H groups in total. The first kappa shape index (κ1) is 13.0. The Labute approximate surface area is 103 Å². The van der Waals surface area contributed by atoms with Crippen molar-refractivity contribution in [1.29, 1.82) is 0 Å². The van der Waals surface area contributed by atoms with Gasteiger partial charge in [0.15, 0.2) is 5.03 Å². The van der Waals surface area contributed by atoms with E-state index in [-0.39, 0.29) is 14.8 Å². The quantitative estimate of drug-likeness (QED) is 0.596. The zero-order valence-corrected chi connectivity index (χ0v) is 11.1. The Morgan fingerprint density at radius 1 is 1.53 bits per heavy atom. The van der Waals surface area contributed by atoms with E-state index in [0.29, 0.717) is 0 Å². The van der Waals surface area contributed by atoms with Gasteiger partial charge >= 0.3 is 0 Å². The number of rotatable bonds is 2. The number of halogens is 4. The Hall–Kier alpha value is -0.0200. The first-order chi connectivity index (χ1) is 6.73. The molecule has 0 saturated heterocycles. The van der Waals surface area contributed by atoms with Crippen molar-refractivity contribution in [2.45, 2.75) is 18.4 Å². The molecule has 0 fully saturated rings. The largest absolute Gasteiger partial charge is 0.278 e. The van der Waals surface area contributed by atoms with Crippen molar-refractivity contribution < 1.29 is 17.2 Å². The van der Waals surface area contributed by atoms with E-state index in [0.717, 1.165) is 6.07 Å². The van der Waals surface area contributed by atoms with Crippen LogP contribution in [0.25, 0.3) is 0 Å². The molecule has 1 rings (SSSR count). The molecule has 0 aliphatic carbocycles. The van der Waals surface area contributed by atoms with Crippen LogP contribution in [0.15, 0.2) is 11.1 Å². The fraction of sp³-hybridized carbons (Fsp3) is 0.286. The molecule has 0 radical (unpaired) electrons. The lowest BCUT2D eigenvalue weighted by atomic mass is 10.2. The van der Waals surface area contributed by atoms with Crippen LogP contribution >= 0.6 is 33.3 Å². The maximum absolute atomic E-state index is 12.5. The van der Waals surface area contributed by atoms with Gasteiger partial charge in [-0.05, 0) is 35.6 Å². The molecule has 0 atom stereocenters. The fourth-order valence-electron chi connectivity index (χ4n) is 0.936. The van der Waals surface area contributed by atoms with Gasteiger partial charge in [0, 0.05) is 19.8 Å². The Kier molecular flexibility index (Phi) is 3.88. The Morgan fingerprint density at radius 2 is 2.07 bits per heavy atom. The van der Waals surface area contributed by atoms with Crippen LogP contribution in [0.4, 0.5) is 8.78 Å². The summed E-state index contributed by atoms with van der Waals surface area (Å²) in [4.78, 5) is 3.63. The summed E-state index contributed by atoms with van der Waals surface area (Å²) in [5.74, 6) is 0. The molecule has 15 heavy (non-hydrogen) atoms. The highest BCUT2D eigenvalue weighted by molar-refractivity contribution is 14.1. The highest BCUT2D eigenvalue weighted by atomic mass is 127. The van der Waals surface area contributed by atoms with Gasteiger partial charge in [-0.3, -0.25) is 0 Å². The number of pyridine rings is 1. The van der Waals surface area contributed by atoms with Crippen molar-refractivity contribution in [3.8, 4) is 0 Å². The second kappa shape index (κ2) is 4.46. The molecule has 8 heteroatoms. The van der Waals surface area contributed by atoms with Crippen LogP contribution in [0.3, 0.4) is 0 Å². The standard InChI is InChI=1S/C7H5ClF2INO2S/c1-3-6(11)4(7(9)10)2-5(12-3)15(8,13)14/h2,7H,1H3. The van der Waals surface area contributed by atoms with Crippen molar-refractivity contribution in [2.75, 3.05) is 0 Å². The lowest BCUT2D eigenvalue weighted by Gasteiger charge is -2.07. The normalized spacial score (nSPS) is 12.1. The summed E-state index contributed by atoms with van der Waals surface area (Å²) in [5, 5.41) is -0.544. The lowest BCUT2D eigenvalue weighted by molar-refractivity contribution is 0.150. The third kappa shape index (κ3) is 2.97. The number of hydrogen-bond acceptors (Lipinski definition) is 3. The second-order valence-electron chi connectivity index (χ2n) is 2.69. The second-order valence-corrected chi connectivity index (χ2v) is 6.28. The average molecular weight is 368 g/mol. The lowest BCUT2D eigenvalue weighted by Crippen LogP contribution is -2.03. The van der Waals surface area contributed by atoms with Crippen molar-refractivity contribution in [1.82, 2.24) is 4.98 Å². The summed E-state index contributed by atoms with van der Waals surface area (Å²) in [6, 6.07) is 0.793. The molecule has 1 aromatic heterocycles. The van der Waals surface area contributed by atoms with Gasteiger partial charge in [-0.15, -0.1) is 0 Å². The van der Waals surface area contributed by atoms with Gasteiger partial charge in [0.25, 0.3) is 15.5 Å². The molecule has 1 aromatic rings. The molecule has 0 aliphatic rings. The number of hydrogen-bond donors (Lipinski definition) is 0. The van der Waals surface area contributed by atoms with Crippen molar-refractivity contribution >= 4 is 42.3 Å². The van der Waals surface area contributed by atoms with E-state index in [2.05, 4.69) is 4.98 Å². The molecule has 0 aromatic carbocycles. The number of alkyl halides is 2. The summed E-state index contributed by atoms with van der Waals surface area (Å²) < 4.78 is 47.1. The zero-order chi connectivity index (χ0) is 11.8. The number of aromatic nitrogens is 1. The highest BCUT2D eigenvalue weighted by Crippen LogP contribution is 2.28. The first-order valence-electron chi connectivity index (χ1n) is 3.63. The first-order valence-corrected chi connectivity index (χ1v) is 7.02. The predicted octanol–water partition coefficient (Wildman–Crippen LogP) is 2.86. The van der Waals surface area contributed by atoms with E-state index in [4.69, 9.17) is 10.7 Å². The van der Waals surface area contributed by atoms with Gasteiger partial charge in [-0.2, -0.15) is 0 Å². The smallest absolute Gasteiger partial charge is 0.239 e. The van der Waals surface area contributed by atoms with E-state index in [9.17, 15) is 17.2 Å².